The molecule has 9 aromatic rings. The fraction of sp³-hybridized carbons (Fsp3) is 0.222. The first-order chi connectivity index (χ1) is 28.5. The Kier molecular flexibility index (Phi) is 6.10. The van der Waals surface area contributed by atoms with Gasteiger partial charge in [-0.3, -0.25) is 9.97 Å². The van der Waals surface area contributed by atoms with Crippen molar-refractivity contribution in [2.75, 3.05) is 0 Å². The summed E-state index contributed by atoms with van der Waals surface area (Å²) in [5.74, 6) is 3.40. The summed E-state index contributed by atoms with van der Waals surface area (Å²) in [5, 5.41) is 7.60. The van der Waals surface area contributed by atoms with Crippen molar-refractivity contribution in [1.82, 2.24) is 9.97 Å². The number of rotatable bonds is 2. The molecule has 278 valence electrons. The summed E-state index contributed by atoms with van der Waals surface area (Å²) in [5.41, 5.74) is 17.8. The van der Waals surface area contributed by atoms with Crippen LogP contribution in [0.15, 0.2) is 138 Å². The maximum Gasteiger partial charge on any atom is 0.143 e. The predicted octanol–water partition coefficient (Wildman–Crippen LogP) is 12.5. The molecule has 6 aliphatic rings. The molecule has 4 bridgehead atoms. The third kappa shape index (κ3) is 3.86. The molecule has 5 aliphatic carbocycles. The highest BCUT2D eigenvalue weighted by Crippen LogP contribution is 2.70. The molecule has 4 heteroatoms. The Labute approximate surface area is 338 Å². The summed E-state index contributed by atoms with van der Waals surface area (Å²) >= 11 is 0. The molecule has 0 N–H and O–H groups in total. The smallest absolute Gasteiger partial charge is 0.143 e. The maximum atomic E-state index is 7.14. The molecule has 3 nitrogen and oxygen atoms in total. The summed E-state index contributed by atoms with van der Waals surface area (Å²) in [6.45, 7) is 5.15. The van der Waals surface area contributed by atoms with Crippen molar-refractivity contribution in [1.29, 1.82) is 0 Å². The second-order valence-electron chi connectivity index (χ2n) is 18.9. The van der Waals surface area contributed by atoms with Crippen LogP contribution in [0.5, 0.6) is 0 Å². The summed E-state index contributed by atoms with van der Waals surface area (Å²) in [6, 6.07) is 46.1. The molecule has 0 amide bonds. The monoisotopic (exact) mass is 762 g/mol. The molecular weight excluding hydrogens is 721 g/mol. The molecular formula is C54H42N2OSi. The molecule has 0 radical (unpaired) electrons. The fourth-order valence-corrected chi connectivity index (χ4v) is 17.0. The first kappa shape index (κ1) is 32.2. The summed E-state index contributed by atoms with van der Waals surface area (Å²) in [6.07, 6.45) is 10.8. The predicted molar refractivity (Wildman–Crippen MR) is 241 cm³/mol. The highest BCUT2D eigenvalue weighted by atomic mass is 28.3. The first-order valence-electron chi connectivity index (χ1n) is 21.5. The minimum absolute atomic E-state index is 0.168. The molecule has 15 rings (SSSR count). The van der Waals surface area contributed by atoms with Crippen molar-refractivity contribution in [2.24, 2.45) is 23.7 Å². The van der Waals surface area contributed by atoms with E-state index in [0.29, 0.717) is 0 Å². The van der Waals surface area contributed by atoms with Crippen LogP contribution >= 0.6 is 0 Å². The molecule has 0 saturated heterocycles. The van der Waals surface area contributed by atoms with Crippen molar-refractivity contribution in [2.45, 2.75) is 50.6 Å². The number of aromatic nitrogens is 2. The van der Waals surface area contributed by atoms with Crippen LogP contribution in [-0.2, 0) is 5.41 Å². The molecule has 6 aromatic carbocycles. The molecule has 0 unspecified atom stereocenters. The minimum atomic E-state index is -1.96. The van der Waals surface area contributed by atoms with Crippen molar-refractivity contribution in [3.05, 3.63) is 145 Å². The third-order valence-corrected chi connectivity index (χ3v) is 19.5. The normalized spacial score (nSPS) is 24.2. The number of fused-ring (bicyclic) bond motifs is 13. The van der Waals surface area contributed by atoms with Gasteiger partial charge in [0.1, 0.15) is 19.2 Å². The Hall–Kier alpha value is -5.84. The number of benzene rings is 6. The van der Waals surface area contributed by atoms with Crippen LogP contribution in [0.2, 0.25) is 13.1 Å². The van der Waals surface area contributed by atoms with E-state index in [0.717, 1.165) is 84.1 Å². The van der Waals surface area contributed by atoms with E-state index in [1.165, 1.54) is 54.4 Å². The summed E-state index contributed by atoms with van der Waals surface area (Å²) in [4.78, 5) is 9.53. The minimum Gasteiger partial charge on any atom is -0.455 e. The lowest BCUT2D eigenvalue weighted by molar-refractivity contribution is -0.0399. The van der Waals surface area contributed by atoms with Crippen LogP contribution in [0.4, 0.5) is 0 Å². The maximum absolute atomic E-state index is 7.14. The van der Waals surface area contributed by atoms with Crippen molar-refractivity contribution in [3.8, 4) is 44.5 Å². The molecule has 4 saturated carbocycles. The number of nitrogens with zero attached hydrogens (tertiary/aromatic N) is 2. The lowest BCUT2D eigenvalue weighted by atomic mass is 9.43. The Balaban J connectivity index is 0.979. The average molecular weight is 763 g/mol. The van der Waals surface area contributed by atoms with Gasteiger partial charge in [0, 0.05) is 50.5 Å². The molecule has 3 aromatic heterocycles. The molecule has 4 fully saturated rings. The van der Waals surface area contributed by atoms with Gasteiger partial charge in [-0.1, -0.05) is 110 Å². The molecule has 58 heavy (non-hydrogen) atoms. The first-order valence-corrected chi connectivity index (χ1v) is 24.5. The van der Waals surface area contributed by atoms with Crippen LogP contribution in [-0.4, -0.2) is 18.0 Å². The molecule has 4 heterocycles. The second kappa shape index (κ2) is 11.0. The third-order valence-electron chi connectivity index (χ3n) is 15.9. The van der Waals surface area contributed by atoms with E-state index >= 15 is 0 Å². The van der Waals surface area contributed by atoms with Gasteiger partial charge in [0.15, 0.2) is 0 Å². The van der Waals surface area contributed by atoms with E-state index in [9.17, 15) is 0 Å². The van der Waals surface area contributed by atoms with E-state index in [-0.39, 0.29) is 5.41 Å². The second-order valence-corrected chi connectivity index (χ2v) is 23.2. The molecule has 1 aliphatic heterocycles. The van der Waals surface area contributed by atoms with E-state index < -0.39 is 8.07 Å². The van der Waals surface area contributed by atoms with Gasteiger partial charge >= 0.3 is 0 Å². The van der Waals surface area contributed by atoms with Gasteiger partial charge in [0.05, 0.1) is 11.0 Å². The quantitative estimate of drug-likeness (QED) is 0.130. The largest absolute Gasteiger partial charge is 0.455 e. The number of hydrogen-bond acceptors (Lipinski definition) is 3. The van der Waals surface area contributed by atoms with Crippen LogP contribution in [0, 0.1) is 23.7 Å². The average Bonchev–Trinajstić information content (AvgIpc) is 3.86. The molecule has 1 spiro atoms. The Morgan fingerprint density at radius 2 is 1.19 bits per heavy atom. The van der Waals surface area contributed by atoms with Gasteiger partial charge in [0.25, 0.3) is 0 Å². The van der Waals surface area contributed by atoms with Gasteiger partial charge in [-0.05, 0) is 135 Å². The summed E-state index contributed by atoms with van der Waals surface area (Å²) in [7, 11) is -1.96. The van der Waals surface area contributed by atoms with Crippen LogP contribution in [0.1, 0.15) is 43.2 Å². The van der Waals surface area contributed by atoms with E-state index in [4.69, 9.17) is 14.4 Å². The van der Waals surface area contributed by atoms with Crippen LogP contribution in [0.3, 0.4) is 0 Å². The summed E-state index contributed by atoms with van der Waals surface area (Å²) < 4.78 is 7.14. The van der Waals surface area contributed by atoms with Crippen molar-refractivity contribution >= 4 is 62.2 Å². The van der Waals surface area contributed by atoms with Gasteiger partial charge in [-0.15, -0.1) is 0 Å². The highest BCUT2D eigenvalue weighted by molar-refractivity contribution is 7.04. The van der Waals surface area contributed by atoms with E-state index in [1.54, 1.807) is 27.1 Å². The lowest BCUT2D eigenvalue weighted by Gasteiger charge is -2.61. The van der Waals surface area contributed by atoms with Crippen LogP contribution < -0.4 is 10.4 Å². The number of furan rings is 1. The van der Waals surface area contributed by atoms with Gasteiger partial charge in [-0.2, -0.15) is 0 Å². The zero-order valence-corrected chi connectivity index (χ0v) is 33.8. The molecule has 0 atom stereocenters. The number of pyridine rings is 2. The number of hydrogen-bond donors (Lipinski definition) is 0. The van der Waals surface area contributed by atoms with Gasteiger partial charge in [0.2, 0.25) is 0 Å². The number of para-hydroxylation sites is 2. The van der Waals surface area contributed by atoms with Crippen molar-refractivity contribution < 1.29 is 4.42 Å². The van der Waals surface area contributed by atoms with Gasteiger partial charge in [-0.25, -0.2) is 0 Å². The topological polar surface area (TPSA) is 38.9 Å². The van der Waals surface area contributed by atoms with Crippen LogP contribution in [0.25, 0.3) is 88.3 Å². The zero-order valence-electron chi connectivity index (χ0n) is 32.8. The Bertz CT molecular complexity index is 3270. The lowest BCUT2D eigenvalue weighted by Crippen LogP contribution is -2.55. The Morgan fingerprint density at radius 3 is 2.00 bits per heavy atom. The van der Waals surface area contributed by atoms with E-state index in [1.807, 2.05) is 24.5 Å². The van der Waals surface area contributed by atoms with Gasteiger partial charge < -0.3 is 4.42 Å². The zero-order chi connectivity index (χ0) is 38.1. The Morgan fingerprint density at radius 1 is 0.517 bits per heavy atom. The van der Waals surface area contributed by atoms with Crippen molar-refractivity contribution in [3.63, 3.8) is 0 Å². The highest BCUT2D eigenvalue weighted by Gasteiger charge is 2.62. The van der Waals surface area contributed by atoms with E-state index in [2.05, 4.69) is 122 Å². The fourth-order valence-electron chi connectivity index (χ4n) is 13.9. The standard InChI is InChI=1S/C54H42N2OSi/c1-58(2)46-19-17-32(28-43(46)49-47(58)20-18-45-48(49)41-10-3-4-16-44(41)54(45)34-24-30-23-31(26-34)27-35(54)25-30)36-11-5-12-38-39-13-6-14-40(53(39)57-52(36)38)42-29-33-9-7-21-55-50(33)51-37(42)15-8-22-56-51/h3-22,28-31,34-35H,23-27H2,1-2H3. The SMILES string of the molecule is C[Si]1(C)c2ccc(-c3cccc4c3oc3c(-c5cc6cccnc6c6ncccc56)cccc34)cc2-c2c1ccc1c2-c2ccccc2C12C1CC3CC(C1)CC2C3.